The van der Waals surface area contributed by atoms with Crippen LogP contribution in [0.2, 0.25) is 0 Å². The average molecular weight is 722 g/mol. The minimum atomic E-state index is -5.12. The molecule has 0 aliphatic heterocycles. The summed E-state index contributed by atoms with van der Waals surface area (Å²) in [5.74, 6) is -0.614. The molecular weight excluding hydrogens is 657 g/mol. The molecule has 0 aromatic heterocycles. The van der Waals surface area contributed by atoms with E-state index in [4.69, 9.17) is 9.05 Å². The average Bonchev–Trinajstić information content (AvgIpc) is 3.06. The van der Waals surface area contributed by atoms with Crippen LogP contribution in [-0.2, 0) is 18.4 Å². The first kappa shape index (κ1) is 45.5. The summed E-state index contributed by atoms with van der Waals surface area (Å²) in [6.45, 7) is 3.46. The van der Waals surface area contributed by atoms with Gasteiger partial charge < -0.3 is 46.0 Å². The number of unbranched alkanes of at least 4 members (excludes halogenated alkanes) is 10. The van der Waals surface area contributed by atoms with Gasteiger partial charge in [0.05, 0.1) is 31.3 Å². The number of aliphatic hydroxyl groups excluding tert-OH is 7. The number of nitrogens with one attached hydrogen (secondary N) is 1. The molecule has 0 aromatic carbocycles. The number of carbonyl (C=O) groups is 1. The van der Waals surface area contributed by atoms with Crippen molar-refractivity contribution in [2.24, 2.45) is 0 Å². The van der Waals surface area contributed by atoms with Gasteiger partial charge in [0, 0.05) is 0 Å². The Morgan fingerprint density at radius 3 is 1.88 bits per heavy atom. The van der Waals surface area contributed by atoms with Gasteiger partial charge in [0.25, 0.3) is 0 Å². The third-order valence-electron chi connectivity index (χ3n) is 8.47. The fourth-order valence-electron chi connectivity index (χ4n) is 5.37. The van der Waals surface area contributed by atoms with Gasteiger partial charge in [0.1, 0.15) is 36.6 Å². The van der Waals surface area contributed by atoms with Crippen LogP contribution in [0.3, 0.4) is 0 Å². The summed E-state index contributed by atoms with van der Waals surface area (Å²) in [5.41, 5.74) is 0. The number of rotatable bonds is 27. The zero-order valence-electron chi connectivity index (χ0n) is 29.3. The van der Waals surface area contributed by atoms with Crippen LogP contribution in [0.25, 0.3) is 0 Å². The van der Waals surface area contributed by atoms with Gasteiger partial charge in [-0.25, -0.2) is 4.57 Å². The van der Waals surface area contributed by atoms with Gasteiger partial charge in [-0.15, -0.1) is 0 Å². The Bertz CT molecular complexity index is 995. The van der Waals surface area contributed by atoms with Crippen molar-refractivity contribution >= 4 is 13.7 Å². The van der Waals surface area contributed by atoms with E-state index in [-0.39, 0.29) is 6.42 Å². The summed E-state index contributed by atoms with van der Waals surface area (Å²) in [6, 6.07) is -1.24. The molecule has 0 saturated heterocycles. The number of amides is 1. The number of hydrogen-bond donors (Lipinski definition) is 9. The van der Waals surface area contributed by atoms with E-state index in [2.05, 4.69) is 36.5 Å². The molecule has 14 heteroatoms. The van der Waals surface area contributed by atoms with Crippen LogP contribution < -0.4 is 5.32 Å². The molecule has 1 aliphatic rings. The number of phosphoric ester groups is 1. The first-order chi connectivity index (χ1) is 23.3. The van der Waals surface area contributed by atoms with Crippen LogP contribution in [-0.4, -0.2) is 108 Å². The molecule has 1 fully saturated rings. The van der Waals surface area contributed by atoms with E-state index in [0.717, 1.165) is 64.2 Å². The first-order valence-electron chi connectivity index (χ1n) is 18.0. The lowest BCUT2D eigenvalue weighted by atomic mass is 9.85. The quantitative estimate of drug-likeness (QED) is 0.0338. The third-order valence-corrected chi connectivity index (χ3v) is 9.46. The van der Waals surface area contributed by atoms with Crippen molar-refractivity contribution in [3.63, 3.8) is 0 Å². The fraction of sp³-hybridized carbons (Fsp3) is 0.800. The molecular formula is C35H64NO12P. The van der Waals surface area contributed by atoms with Crippen molar-refractivity contribution in [1.82, 2.24) is 5.32 Å². The zero-order chi connectivity index (χ0) is 36.7. The lowest BCUT2D eigenvalue weighted by molar-refractivity contribution is -0.220. The maximum atomic E-state index is 12.8. The molecule has 0 bridgehead atoms. The summed E-state index contributed by atoms with van der Waals surface area (Å²) in [5, 5.41) is 73.4. The molecule has 1 amide bonds. The summed E-state index contributed by atoms with van der Waals surface area (Å²) in [7, 11) is -5.12. The smallest absolute Gasteiger partial charge is 0.393 e. The van der Waals surface area contributed by atoms with Crippen molar-refractivity contribution < 1.29 is 59.0 Å². The lowest BCUT2D eigenvalue weighted by Gasteiger charge is -2.41. The molecule has 0 heterocycles. The standard InChI is InChI=1S/C35H64NO12P/c1-3-5-7-9-10-11-12-13-14-15-16-17-18-19-20-22-26(37)24-29(39)36-27(28(38)23-21-8-6-4-2)25-47-49(45,46)48-35-33(43)31(41)30(40)32(42)34(35)44/h10-11,13-14,21,23,26-28,30-35,37-38,40-44H,3-9,12,15-20,22,24-25H2,1-2H3,(H,36,39)(H,45,46)/b11-10-,14-13-,23-21+. The minimum absolute atomic E-state index is 0.257. The van der Waals surface area contributed by atoms with Crippen molar-refractivity contribution in [3.8, 4) is 0 Å². The number of allylic oxidation sites excluding steroid dienone is 5. The minimum Gasteiger partial charge on any atom is -0.393 e. The van der Waals surface area contributed by atoms with E-state index in [1.165, 1.54) is 25.3 Å². The number of hydrogen-bond acceptors (Lipinski definition) is 11. The Morgan fingerprint density at radius 2 is 1.27 bits per heavy atom. The van der Waals surface area contributed by atoms with Crippen LogP contribution in [0.1, 0.15) is 117 Å². The SMILES string of the molecule is CCCC/C=C/C(O)C(COP(=O)(O)OC1C(O)C(O)C(O)C(O)C1O)NC(=O)CC(O)CCCCCCC/C=C\C/C=C\CCCCC. The van der Waals surface area contributed by atoms with Crippen molar-refractivity contribution in [2.45, 2.75) is 171 Å². The molecule has 1 aliphatic carbocycles. The molecule has 1 rings (SSSR count). The normalized spacial score (nSPS) is 26.3. The molecule has 13 nitrogen and oxygen atoms in total. The van der Waals surface area contributed by atoms with Crippen LogP contribution in [0.4, 0.5) is 0 Å². The number of aliphatic hydroxyl groups is 7. The third kappa shape index (κ3) is 19.6. The van der Waals surface area contributed by atoms with Crippen LogP contribution in [0.5, 0.6) is 0 Å². The van der Waals surface area contributed by atoms with E-state index in [0.29, 0.717) is 12.8 Å². The van der Waals surface area contributed by atoms with Gasteiger partial charge in [-0.05, 0) is 44.9 Å². The highest BCUT2D eigenvalue weighted by Crippen LogP contribution is 2.47. The number of carbonyl (C=O) groups excluding carboxylic acids is 1. The maximum absolute atomic E-state index is 12.8. The van der Waals surface area contributed by atoms with Gasteiger partial charge in [0.2, 0.25) is 5.91 Å². The van der Waals surface area contributed by atoms with E-state index < -0.39 is 75.2 Å². The van der Waals surface area contributed by atoms with E-state index in [1.807, 2.05) is 6.92 Å². The second-order valence-corrected chi connectivity index (χ2v) is 14.3. The highest BCUT2D eigenvalue weighted by atomic mass is 31.2. The van der Waals surface area contributed by atoms with Gasteiger partial charge in [-0.2, -0.15) is 0 Å². The van der Waals surface area contributed by atoms with E-state index in [1.54, 1.807) is 6.08 Å². The molecule has 8 atom stereocenters. The fourth-order valence-corrected chi connectivity index (χ4v) is 6.34. The first-order valence-corrected chi connectivity index (χ1v) is 19.5. The summed E-state index contributed by atoms with van der Waals surface area (Å²) in [6.07, 6.45) is 12.1. The summed E-state index contributed by atoms with van der Waals surface area (Å²) < 4.78 is 22.5. The van der Waals surface area contributed by atoms with E-state index in [9.17, 15) is 50.0 Å². The number of phosphoric acid groups is 1. The highest BCUT2D eigenvalue weighted by molar-refractivity contribution is 7.47. The van der Waals surface area contributed by atoms with Gasteiger partial charge >= 0.3 is 7.82 Å². The molecule has 1 saturated carbocycles. The topological polar surface area (TPSA) is 226 Å². The van der Waals surface area contributed by atoms with Gasteiger partial charge in [-0.1, -0.05) is 102 Å². The Balaban J connectivity index is 2.52. The van der Waals surface area contributed by atoms with Crippen molar-refractivity contribution in [2.75, 3.05) is 6.61 Å². The van der Waals surface area contributed by atoms with Crippen molar-refractivity contribution in [1.29, 1.82) is 0 Å². The second kappa shape index (κ2) is 26.3. The molecule has 49 heavy (non-hydrogen) atoms. The van der Waals surface area contributed by atoms with E-state index >= 15 is 0 Å². The molecule has 8 unspecified atom stereocenters. The Labute approximate surface area is 292 Å². The van der Waals surface area contributed by atoms with Gasteiger partial charge in [-0.3, -0.25) is 13.8 Å². The molecule has 286 valence electrons. The maximum Gasteiger partial charge on any atom is 0.472 e. The Morgan fingerprint density at radius 1 is 0.735 bits per heavy atom. The van der Waals surface area contributed by atoms with Crippen molar-refractivity contribution in [3.05, 3.63) is 36.5 Å². The lowest BCUT2D eigenvalue weighted by Crippen LogP contribution is -2.64. The van der Waals surface area contributed by atoms with Crippen LogP contribution in [0, 0.1) is 0 Å². The second-order valence-electron chi connectivity index (χ2n) is 12.9. The predicted octanol–water partition coefficient (Wildman–Crippen LogP) is 3.46. The molecule has 0 aromatic rings. The molecule has 0 spiro atoms. The Hall–Kier alpha value is -1.48. The summed E-state index contributed by atoms with van der Waals surface area (Å²) in [4.78, 5) is 23.0. The van der Waals surface area contributed by atoms with Crippen LogP contribution in [0.15, 0.2) is 36.5 Å². The van der Waals surface area contributed by atoms with Gasteiger partial charge in [0.15, 0.2) is 0 Å². The predicted molar refractivity (Wildman–Crippen MR) is 187 cm³/mol. The monoisotopic (exact) mass is 721 g/mol. The molecule has 0 radical (unpaired) electrons. The highest BCUT2D eigenvalue weighted by Gasteiger charge is 2.51. The Kier molecular flexibility index (Phi) is 24.5. The zero-order valence-corrected chi connectivity index (χ0v) is 30.2. The van der Waals surface area contributed by atoms with Crippen LogP contribution >= 0.6 is 7.82 Å². The summed E-state index contributed by atoms with van der Waals surface area (Å²) >= 11 is 0. The largest absolute Gasteiger partial charge is 0.472 e. The molecule has 9 N–H and O–H groups in total.